The molecular formula is C24H16Cl4N2O3. The van der Waals surface area contributed by atoms with Gasteiger partial charge in [-0.1, -0.05) is 70.7 Å². The zero-order valence-electron chi connectivity index (χ0n) is 17.2. The Bertz CT molecular complexity index is 1270. The molecule has 0 aromatic heterocycles. The second-order valence-electron chi connectivity index (χ2n) is 6.64. The molecule has 3 rings (SSSR count). The maximum Gasteiger partial charge on any atom is 0.266 e. The molecule has 1 amide bonds. The Morgan fingerprint density at radius 1 is 1.03 bits per heavy atom. The van der Waals surface area contributed by atoms with Crippen molar-refractivity contribution in [1.29, 1.82) is 5.26 Å². The Morgan fingerprint density at radius 2 is 1.76 bits per heavy atom. The molecule has 0 unspecified atom stereocenters. The van der Waals surface area contributed by atoms with Crippen molar-refractivity contribution in [3.05, 3.63) is 91.4 Å². The van der Waals surface area contributed by atoms with Gasteiger partial charge in [0.15, 0.2) is 11.5 Å². The summed E-state index contributed by atoms with van der Waals surface area (Å²) in [5.74, 6) is -0.0166. The van der Waals surface area contributed by atoms with Crippen LogP contribution in [0.15, 0.2) is 60.2 Å². The lowest BCUT2D eigenvalue weighted by Gasteiger charge is -2.14. The number of carbonyl (C=O) groups excluding carboxylic acids is 1. The Balaban J connectivity index is 1.85. The summed E-state index contributed by atoms with van der Waals surface area (Å²) in [4.78, 5) is 12.6. The molecule has 0 spiro atoms. The average molecular weight is 522 g/mol. The van der Waals surface area contributed by atoms with E-state index in [-0.39, 0.29) is 32.9 Å². The maximum absolute atomic E-state index is 12.6. The minimum atomic E-state index is -0.657. The molecule has 0 saturated heterocycles. The number of carbonyl (C=O) groups is 1. The standard InChI is InChI=1S/C24H16Cl4N2O3/c1-32-21-11-14(10-19(27)23(21)33-13-15-5-2-3-6-17(15)25)9-16(12-29)24(31)30-20-8-4-7-18(26)22(20)28/h2-11H,13H2,1H3,(H,30,31)/b16-9-. The Labute approximate surface area is 211 Å². The summed E-state index contributed by atoms with van der Waals surface area (Å²) in [5.41, 5.74) is 1.36. The molecule has 0 atom stereocenters. The van der Waals surface area contributed by atoms with E-state index in [9.17, 15) is 10.1 Å². The van der Waals surface area contributed by atoms with Crippen LogP contribution in [0.4, 0.5) is 5.69 Å². The van der Waals surface area contributed by atoms with Gasteiger partial charge in [0.1, 0.15) is 18.2 Å². The van der Waals surface area contributed by atoms with Crippen molar-refractivity contribution in [2.24, 2.45) is 0 Å². The van der Waals surface area contributed by atoms with Gasteiger partial charge < -0.3 is 14.8 Å². The van der Waals surface area contributed by atoms with Crippen LogP contribution in [0.3, 0.4) is 0 Å². The highest BCUT2D eigenvalue weighted by Crippen LogP contribution is 2.38. The van der Waals surface area contributed by atoms with Crippen molar-refractivity contribution in [1.82, 2.24) is 0 Å². The van der Waals surface area contributed by atoms with Crippen LogP contribution in [-0.4, -0.2) is 13.0 Å². The Kier molecular flexibility index (Phi) is 8.49. The SMILES string of the molecule is COc1cc(/C=C(/C#N)C(=O)Nc2cccc(Cl)c2Cl)cc(Cl)c1OCc1ccccc1Cl. The normalized spacial score (nSPS) is 11.0. The number of hydrogen-bond acceptors (Lipinski definition) is 4. The summed E-state index contributed by atoms with van der Waals surface area (Å²) < 4.78 is 11.2. The number of rotatable bonds is 7. The van der Waals surface area contributed by atoms with Crippen molar-refractivity contribution >= 4 is 64.1 Å². The van der Waals surface area contributed by atoms with Gasteiger partial charge in [0.25, 0.3) is 5.91 Å². The monoisotopic (exact) mass is 520 g/mol. The van der Waals surface area contributed by atoms with E-state index in [1.165, 1.54) is 13.2 Å². The number of halogens is 4. The van der Waals surface area contributed by atoms with Crippen LogP contribution in [-0.2, 0) is 11.4 Å². The molecule has 0 aliphatic heterocycles. The molecule has 9 heteroatoms. The topological polar surface area (TPSA) is 71.3 Å². The van der Waals surface area contributed by atoms with Gasteiger partial charge in [-0.25, -0.2) is 0 Å². The third-order valence-corrected chi connectivity index (χ3v) is 5.93. The Hall–Kier alpha value is -2.88. The zero-order chi connectivity index (χ0) is 24.0. The number of nitriles is 1. The first-order chi connectivity index (χ1) is 15.8. The summed E-state index contributed by atoms with van der Waals surface area (Å²) in [7, 11) is 1.46. The third-order valence-electron chi connectivity index (χ3n) is 4.46. The fourth-order valence-electron chi connectivity index (χ4n) is 2.83. The predicted molar refractivity (Wildman–Crippen MR) is 132 cm³/mol. The summed E-state index contributed by atoms with van der Waals surface area (Å²) in [6, 6.07) is 17.1. The number of nitrogens with zero attached hydrogens (tertiary/aromatic N) is 1. The van der Waals surface area contributed by atoms with Crippen LogP contribution in [0.2, 0.25) is 20.1 Å². The number of anilines is 1. The van der Waals surface area contributed by atoms with Gasteiger partial charge in [0.05, 0.1) is 27.9 Å². The molecular weight excluding hydrogens is 506 g/mol. The van der Waals surface area contributed by atoms with Crippen molar-refractivity contribution in [3.8, 4) is 17.6 Å². The molecule has 0 heterocycles. The molecule has 0 bridgehead atoms. The quantitative estimate of drug-likeness (QED) is 0.259. The van der Waals surface area contributed by atoms with Crippen molar-refractivity contribution < 1.29 is 14.3 Å². The number of ether oxygens (including phenoxy) is 2. The Morgan fingerprint density at radius 3 is 2.45 bits per heavy atom. The van der Waals surface area contributed by atoms with E-state index in [0.717, 1.165) is 5.56 Å². The average Bonchev–Trinajstić information content (AvgIpc) is 2.80. The molecule has 0 fully saturated rings. The first kappa shape index (κ1) is 24.8. The summed E-state index contributed by atoms with van der Waals surface area (Å²) in [6.45, 7) is 0.178. The molecule has 0 aliphatic carbocycles. The fraction of sp³-hybridized carbons (Fsp3) is 0.0833. The van der Waals surface area contributed by atoms with E-state index in [1.54, 1.807) is 36.4 Å². The van der Waals surface area contributed by atoms with Gasteiger partial charge in [-0.15, -0.1) is 0 Å². The summed E-state index contributed by atoms with van der Waals surface area (Å²) >= 11 is 24.7. The summed E-state index contributed by atoms with van der Waals surface area (Å²) in [5, 5.41) is 13.3. The smallest absolute Gasteiger partial charge is 0.266 e. The van der Waals surface area contributed by atoms with Crippen LogP contribution in [0.5, 0.6) is 11.5 Å². The van der Waals surface area contributed by atoms with Gasteiger partial charge in [0, 0.05) is 10.6 Å². The lowest BCUT2D eigenvalue weighted by Crippen LogP contribution is -2.13. The lowest BCUT2D eigenvalue weighted by molar-refractivity contribution is -0.112. The van der Waals surface area contributed by atoms with E-state index in [2.05, 4.69) is 5.32 Å². The first-order valence-corrected chi connectivity index (χ1v) is 11.0. The highest BCUT2D eigenvalue weighted by atomic mass is 35.5. The first-order valence-electron chi connectivity index (χ1n) is 9.45. The maximum atomic E-state index is 12.6. The minimum Gasteiger partial charge on any atom is -0.493 e. The molecule has 5 nitrogen and oxygen atoms in total. The van der Waals surface area contributed by atoms with Crippen molar-refractivity contribution in [2.45, 2.75) is 6.61 Å². The second kappa shape index (κ2) is 11.3. The zero-order valence-corrected chi connectivity index (χ0v) is 20.2. The van der Waals surface area contributed by atoms with Gasteiger partial charge >= 0.3 is 0 Å². The number of benzene rings is 3. The van der Waals surface area contributed by atoms with E-state index in [4.69, 9.17) is 55.9 Å². The largest absolute Gasteiger partial charge is 0.493 e. The molecule has 1 N–H and O–H groups in total. The molecule has 3 aromatic rings. The van der Waals surface area contributed by atoms with Gasteiger partial charge in [-0.3, -0.25) is 4.79 Å². The molecule has 0 radical (unpaired) electrons. The third kappa shape index (κ3) is 6.13. The molecule has 168 valence electrons. The van der Waals surface area contributed by atoms with Crippen molar-refractivity contribution in [3.63, 3.8) is 0 Å². The van der Waals surface area contributed by atoms with Gasteiger partial charge in [0.2, 0.25) is 0 Å². The lowest BCUT2D eigenvalue weighted by atomic mass is 10.1. The summed E-state index contributed by atoms with van der Waals surface area (Å²) in [6.07, 6.45) is 1.38. The minimum absolute atomic E-state index is 0.172. The molecule has 3 aromatic carbocycles. The van der Waals surface area contributed by atoms with Crippen molar-refractivity contribution in [2.75, 3.05) is 12.4 Å². The second-order valence-corrected chi connectivity index (χ2v) is 8.24. The van der Waals surface area contributed by atoms with E-state index < -0.39 is 5.91 Å². The van der Waals surface area contributed by atoms with Crippen LogP contribution >= 0.6 is 46.4 Å². The number of amides is 1. The highest BCUT2D eigenvalue weighted by Gasteiger charge is 2.16. The highest BCUT2D eigenvalue weighted by molar-refractivity contribution is 6.44. The number of nitrogens with one attached hydrogen (secondary N) is 1. The molecule has 0 saturated carbocycles. The van der Waals surface area contributed by atoms with E-state index in [0.29, 0.717) is 22.1 Å². The van der Waals surface area contributed by atoms with Crippen LogP contribution in [0, 0.1) is 11.3 Å². The van der Waals surface area contributed by atoms with Crippen LogP contribution < -0.4 is 14.8 Å². The molecule has 0 aliphatic rings. The van der Waals surface area contributed by atoms with Gasteiger partial charge in [-0.05, 0) is 42.0 Å². The van der Waals surface area contributed by atoms with E-state index in [1.807, 2.05) is 24.3 Å². The van der Waals surface area contributed by atoms with E-state index >= 15 is 0 Å². The number of methoxy groups -OCH3 is 1. The van der Waals surface area contributed by atoms with Crippen LogP contribution in [0.1, 0.15) is 11.1 Å². The van der Waals surface area contributed by atoms with Gasteiger partial charge in [-0.2, -0.15) is 5.26 Å². The molecule has 33 heavy (non-hydrogen) atoms. The number of hydrogen-bond donors (Lipinski definition) is 1. The fourth-order valence-corrected chi connectivity index (χ4v) is 3.65. The van der Waals surface area contributed by atoms with Crippen LogP contribution in [0.25, 0.3) is 6.08 Å². The predicted octanol–water partition coefficient (Wildman–Crippen LogP) is 7.43.